The maximum absolute atomic E-state index is 13.2. The maximum atomic E-state index is 13.2. The first-order valence-electron chi connectivity index (χ1n) is 10.00. The minimum absolute atomic E-state index is 0.0161. The van der Waals surface area contributed by atoms with Crippen LogP contribution in [0.4, 0.5) is 32.0 Å². The second-order valence-corrected chi connectivity index (χ2v) is 8.66. The van der Waals surface area contributed by atoms with E-state index in [-0.39, 0.29) is 16.7 Å². The van der Waals surface area contributed by atoms with E-state index in [9.17, 15) is 36.4 Å². The number of anilines is 1. The van der Waals surface area contributed by atoms with Crippen molar-refractivity contribution in [1.82, 2.24) is 4.98 Å². The van der Waals surface area contributed by atoms with Crippen molar-refractivity contribution in [3.05, 3.63) is 88.1 Å². The highest BCUT2D eigenvalue weighted by atomic mass is 32.2. The summed E-state index contributed by atoms with van der Waals surface area (Å²) in [6.45, 7) is 3.38. The van der Waals surface area contributed by atoms with Crippen LogP contribution in [0.5, 0.6) is 0 Å². The van der Waals surface area contributed by atoms with Gasteiger partial charge in [0.15, 0.2) is 0 Å². The predicted octanol–water partition coefficient (Wildman–Crippen LogP) is 7.08. The van der Waals surface area contributed by atoms with Gasteiger partial charge in [-0.05, 0) is 49.2 Å². The van der Waals surface area contributed by atoms with Crippen LogP contribution in [0.2, 0.25) is 0 Å². The summed E-state index contributed by atoms with van der Waals surface area (Å²) in [6.07, 6.45) is -10.1. The van der Waals surface area contributed by atoms with E-state index in [1.807, 2.05) is 6.07 Å². The molecule has 0 spiro atoms. The molecule has 1 N–H and O–H groups in total. The minimum atomic E-state index is -5.06. The Kier molecular flexibility index (Phi) is 7.45. The lowest BCUT2D eigenvalue weighted by Gasteiger charge is -2.19. The Balaban J connectivity index is 2.05. The number of halogens is 6. The number of alkyl halides is 6. The molecule has 0 unspecified atom stereocenters. The first-order valence-corrected chi connectivity index (χ1v) is 10.9. The van der Waals surface area contributed by atoms with E-state index < -0.39 is 40.3 Å². The van der Waals surface area contributed by atoms with Gasteiger partial charge >= 0.3 is 12.4 Å². The number of nitrogens with one attached hydrogen (secondary N) is 1. The highest BCUT2D eigenvalue weighted by molar-refractivity contribution is 8.00. The summed E-state index contributed by atoms with van der Waals surface area (Å²) in [5, 5.41) is 10.8. The van der Waals surface area contributed by atoms with E-state index in [2.05, 4.69) is 10.3 Å². The van der Waals surface area contributed by atoms with Gasteiger partial charge in [0, 0.05) is 11.4 Å². The lowest BCUT2D eigenvalue weighted by Crippen LogP contribution is -2.21. The van der Waals surface area contributed by atoms with Gasteiger partial charge in [0.05, 0.1) is 16.7 Å². The van der Waals surface area contributed by atoms with Crippen LogP contribution in [0.1, 0.15) is 38.8 Å². The number of carbonyl (C=O) groups is 1. The summed E-state index contributed by atoms with van der Waals surface area (Å²) in [7, 11) is 0. The minimum Gasteiger partial charge on any atom is -0.325 e. The molecular weight excluding hydrogens is 492 g/mol. The van der Waals surface area contributed by atoms with Crippen molar-refractivity contribution >= 4 is 23.4 Å². The zero-order chi connectivity index (χ0) is 26.0. The smallest absolute Gasteiger partial charge is 0.325 e. The average molecular weight is 509 g/mol. The second-order valence-electron chi connectivity index (χ2n) is 7.56. The number of nitriles is 1. The van der Waals surface area contributed by atoms with E-state index in [4.69, 9.17) is 0 Å². The number of nitrogens with zero attached hydrogens (tertiary/aromatic N) is 2. The first-order chi connectivity index (χ1) is 16.3. The Bertz CT molecular complexity index is 1250. The lowest BCUT2D eigenvalue weighted by atomic mass is 10.1. The van der Waals surface area contributed by atoms with Gasteiger partial charge in [-0.3, -0.25) is 4.79 Å². The zero-order valence-electron chi connectivity index (χ0n) is 18.3. The third-order valence-corrected chi connectivity index (χ3v) is 6.09. The number of amides is 1. The van der Waals surface area contributed by atoms with Gasteiger partial charge in [0.25, 0.3) is 0 Å². The maximum Gasteiger partial charge on any atom is 0.416 e. The number of hydrogen-bond acceptors (Lipinski definition) is 4. The number of aryl methyl sites for hydroxylation is 2. The first kappa shape index (κ1) is 26.1. The molecule has 35 heavy (non-hydrogen) atoms. The summed E-state index contributed by atoms with van der Waals surface area (Å²) in [5.41, 5.74) is -1.93. The molecule has 0 aliphatic carbocycles. The molecule has 2 aromatic carbocycles. The molecule has 0 aliphatic rings. The third kappa shape index (κ3) is 6.33. The molecule has 1 heterocycles. The molecule has 3 aromatic rings. The molecule has 0 saturated carbocycles. The summed E-state index contributed by atoms with van der Waals surface area (Å²) < 4.78 is 79.3. The molecule has 3 rings (SSSR count). The molecule has 11 heteroatoms. The van der Waals surface area contributed by atoms with Crippen molar-refractivity contribution in [2.45, 2.75) is 36.5 Å². The van der Waals surface area contributed by atoms with Crippen LogP contribution in [0.3, 0.4) is 0 Å². The quantitative estimate of drug-likeness (QED) is 0.295. The molecule has 0 aliphatic heterocycles. The van der Waals surface area contributed by atoms with Gasteiger partial charge in [0.1, 0.15) is 16.3 Å². The van der Waals surface area contributed by atoms with Crippen molar-refractivity contribution in [3.8, 4) is 6.07 Å². The Morgan fingerprint density at radius 1 is 0.971 bits per heavy atom. The topological polar surface area (TPSA) is 65.8 Å². The largest absolute Gasteiger partial charge is 0.416 e. The number of pyridine rings is 1. The third-order valence-electron chi connectivity index (χ3n) is 4.85. The van der Waals surface area contributed by atoms with Crippen LogP contribution >= 0.6 is 11.8 Å². The average Bonchev–Trinajstić information content (AvgIpc) is 2.76. The SMILES string of the molecule is Cc1cc(C)c(C#N)c(S[C@@H](C(=O)Nc2cc(C(F)(F)F)cc(C(F)(F)F)c2)c2ccccc2)n1. The number of thioether (sulfide) groups is 1. The van der Waals surface area contributed by atoms with Crippen LogP contribution in [0, 0.1) is 25.2 Å². The van der Waals surface area contributed by atoms with E-state index in [0.29, 0.717) is 29.0 Å². The molecule has 0 fully saturated rings. The number of hydrogen-bond donors (Lipinski definition) is 1. The van der Waals surface area contributed by atoms with Gasteiger partial charge in [-0.1, -0.05) is 42.1 Å². The number of aromatic nitrogens is 1. The van der Waals surface area contributed by atoms with E-state index in [1.54, 1.807) is 50.2 Å². The summed E-state index contributed by atoms with van der Waals surface area (Å²) in [5.74, 6) is -0.876. The summed E-state index contributed by atoms with van der Waals surface area (Å²) in [4.78, 5) is 17.5. The number of benzene rings is 2. The van der Waals surface area contributed by atoms with Crippen LogP contribution in [-0.2, 0) is 17.1 Å². The van der Waals surface area contributed by atoms with E-state index in [1.165, 1.54) is 0 Å². The van der Waals surface area contributed by atoms with Crippen LogP contribution < -0.4 is 5.32 Å². The summed E-state index contributed by atoms with van der Waals surface area (Å²) >= 11 is 0.878. The Hall–Kier alpha value is -3.52. The van der Waals surface area contributed by atoms with Gasteiger partial charge in [0.2, 0.25) is 5.91 Å². The fraction of sp³-hybridized carbons (Fsp3) is 0.208. The molecule has 182 valence electrons. The van der Waals surface area contributed by atoms with Crippen LogP contribution in [0.15, 0.2) is 59.6 Å². The Morgan fingerprint density at radius 2 is 1.54 bits per heavy atom. The lowest BCUT2D eigenvalue weighted by molar-refractivity contribution is -0.143. The van der Waals surface area contributed by atoms with Crippen molar-refractivity contribution in [1.29, 1.82) is 5.26 Å². The molecule has 1 amide bonds. The van der Waals surface area contributed by atoms with E-state index >= 15 is 0 Å². The van der Waals surface area contributed by atoms with Crippen LogP contribution in [0.25, 0.3) is 0 Å². The molecule has 0 bridgehead atoms. The molecule has 1 atom stereocenters. The van der Waals surface area contributed by atoms with Gasteiger partial charge in [-0.25, -0.2) is 4.98 Å². The van der Waals surface area contributed by atoms with E-state index in [0.717, 1.165) is 11.8 Å². The highest BCUT2D eigenvalue weighted by Crippen LogP contribution is 2.40. The monoisotopic (exact) mass is 509 g/mol. The number of carbonyl (C=O) groups excluding carboxylic acids is 1. The van der Waals surface area contributed by atoms with Crippen molar-refractivity contribution in [2.24, 2.45) is 0 Å². The molecule has 0 radical (unpaired) electrons. The molecule has 1 aromatic heterocycles. The van der Waals surface area contributed by atoms with Gasteiger partial charge < -0.3 is 5.32 Å². The predicted molar refractivity (Wildman–Crippen MR) is 119 cm³/mol. The normalized spacial score (nSPS) is 12.7. The Labute approximate surface area is 201 Å². The molecule has 4 nitrogen and oxygen atoms in total. The van der Waals surface area contributed by atoms with Gasteiger partial charge in [-0.15, -0.1) is 0 Å². The second kappa shape index (κ2) is 10.00. The fourth-order valence-corrected chi connectivity index (χ4v) is 4.47. The summed E-state index contributed by atoms with van der Waals surface area (Å²) in [6, 6.07) is 12.7. The van der Waals surface area contributed by atoms with Crippen LogP contribution in [-0.4, -0.2) is 10.9 Å². The zero-order valence-corrected chi connectivity index (χ0v) is 19.1. The Morgan fingerprint density at radius 3 is 2.06 bits per heavy atom. The number of rotatable bonds is 5. The van der Waals surface area contributed by atoms with Crippen molar-refractivity contribution in [3.63, 3.8) is 0 Å². The fourth-order valence-electron chi connectivity index (χ4n) is 3.27. The standard InChI is InChI=1S/C24H17F6N3OS/c1-13-8-14(2)32-22(19(13)12-31)35-20(15-6-4-3-5-7-15)21(34)33-18-10-16(23(25,26)27)9-17(11-18)24(28,29)30/h3-11,20H,1-2H3,(H,33,34)/t20-/m1/s1. The molecule has 0 saturated heterocycles. The van der Waals surface area contributed by atoms with Gasteiger partial charge in [-0.2, -0.15) is 31.6 Å². The van der Waals surface area contributed by atoms with Crippen molar-refractivity contribution < 1.29 is 31.1 Å². The molecular formula is C24H17F6N3OS. The van der Waals surface area contributed by atoms with Crippen molar-refractivity contribution in [2.75, 3.05) is 5.32 Å². The highest BCUT2D eigenvalue weighted by Gasteiger charge is 2.37.